The van der Waals surface area contributed by atoms with Crippen LogP contribution in [0.2, 0.25) is 0 Å². The van der Waals surface area contributed by atoms with Gasteiger partial charge in [-0.15, -0.1) is 0 Å². The van der Waals surface area contributed by atoms with E-state index in [2.05, 4.69) is 4.98 Å². The van der Waals surface area contributed by atoms with Crippen LogP contribution in [0.3, 0.4) is 0 Å². The Morgan fingerprint density at radius 3 is 1.81 bits per heavy atom. The van der Waals surface area contributed by atoms with Crippen LogP contribution in [0.15, 0.2) is 6.20 Å². The molecule has 1 aromatic heterocycles. The number of nitrogens with two attached hydrogens (primary N) is 1. The first kappa shape index (κ1) is 16.1. The van der Waals surface area contributed by atoms with E-state index in [-0.39, 0.29) is 5.56 Å². The second-order valence-electron chi connectivity index (χ2n) is 3.78. The molecule has 0 radical (unpaired) electrons. The van der Waals surface area contributed by atoms with E-state index < -0.39 is 41.2 Å². The normalized spacial score (nSPS) is 9.67. The highest BCUT2D eigenvalue weighted by Gasteiger charge is 2.25. The van der Waals surface area contributed by atoms with Gasteiger partial charge in [-0.2, -0.15) is 0 Å². The zero-order chi connectivity index (χ0) is 16.2. The van der Waals surface area contributed by atoms with E-state index in [1.807, 2.05) is 0 Å². The number of carbonyl (C=O) groups is 4. The predicted molar refractivity (Wildman–Crippen MR) is 66.7 cm³/mol. The molecule has 0 unspecified atom stereocenters. The molecule has 0 fully saturated rings. The maximum Gasteiger partial charge on any atom is 0.309 e. The molecule has 0 atom stereocenters. The fourth-order valence-corrected chi connectivity index (χ4v) is 1.32. The summed E-state index contributed by atoms with van der Waals surface area (Å²) in [6.45, 7) is 3.22. The maximum atomic E-state index is 11.3. The maximum absolute atomic E-state index is 11.3. The Hall–Kier alpha value is -2.97. The standard InChI is InChI=1S/C12H12N2O7/c1-5(15)19-9-8(11(13)18)4-14-12(21-7(3)17)10(9)20-6(2)16/h4H,1-3H3,(H2,13,18). The quantitative estimate of drug-likeness (QED) is 0.764. The SMILES string of the molecule is CC(=O)Oc1ncc(C(N)=O)c(OC(C)=O)c1OC(C)=O. The molecule has 9 nitrogen and oxygen atoms in total. The Kier molecular flexibility index (Phi) is 4.95. The Morgan fingerprint density at radius 1 is 0.905 bits per heavy atom. The van der Waals surface area contributed by atoms with Gasteiger partial charge in [-0.1, -0.05) is 0 Å². The minimum Gasteiger partial charge on any atom is -0.422 e. The van der Waals surface area contributed by atoms with E-state index in [1.165, 1.54) is 0 Å². The Bertz CT molecular complexity index is 624. The van der Waals surface area contributed by atoms with Gasteiger partial charge in [0, 0.05) is 27.0 Å². The highest BCUT2D eigenvalue weighted by Crippen LogP contribution is 2.38. The number of amides is 1. The molecular weight excluding hydrogens is 284 g/mol. The summed E-state index contributed by atoms with van der Waals surface area (Å²) in [7, 11) is 0. The second-order valence-corrected chi connectivity index (χ2v) is 3.78. The molecule has 0 saturated carbocycles. The van der Waals surface area contributed by atoms with E-state index in [4.69, 9.17) is 19.9 Å². The lowest BCUT2D eigenvalue weighted by Gasteiger charge is -2.13. The average molecular weight is 296 g/mol. The summed E-state index contributed by atoms with van der Waals surface area (Å²) in [6, 6.07) is 0. The molecule has 2 N–H and O–H groups in total. The summed E-state index contributed by atoms with van der Waals surface area (Å²) < 4.78 is 14.4. The highest BCUT2D eigenvalue weighted by molar-refractivity contribution is 5.97. The molecule has 21 heavy (non-hydrogen) atoms. The van der Waals surface area contributed by atoms with E-state index >= 15 is 0 Å². The molecule has 9 heteroatoms. The Morgan fingerprint density at radius 2 is 1.38 bits per heavy atom. The first-order valence-electron chi connectivity index (χ1n) is 5.60. The summed E-state index contributed by atoms with van der Waals surface area (Å²) in [5, 5.41) is 0. The minimum atomic E-state index is -0.971. The summed E-state index contributed by atoms with van der Waals surface area (Å²) in [5.41, 5.74) is 4.81. The second kappa shape index (κ2) is 6.46. The van der Waals surface area contributed by atoms with Gasteiger partial charge in [-0.25, -0.2) is 4.98 Å². The Balaban J connectivity index is 3.54. The number of hydrogen-bond acceptors (Lipinski definition) is 8. The van der Waals surface area contributed by atoms with Gasteiger partial charge in [0.1, 0.15) is 5.56 Å². The molecule has 1 heterocycles. The number of hydrogen-bond donors (Lipinski definition) is 1. The third-order valence-corrected chi connectivity index (χ3v) is 1.95. The van der Waals surface area contributed by atoms with Crippen molar-refractivity contribution in [1.29, 1.82) is 0 Å². The summed E-state index contributed by atoms with van der Waals surface area (Å²) in [6.07, 6.45) is 0.936. The number of carbonyl (C=O) groups excluding carboxylic acids is 4. The first-order chi connectivity index (χ1) is 9.72. The zero-order valence-corrected chi connectivity index (χ0v) is 11.5. The van der Waals surface area contributed by atoms with Crippen molar-refractivity contribution in [2.75, 3.05) is 0 Å². The lowest BCUT2D eigenvalue weighted by Crippen LogP contribution is -2.18. The summed E-state index contributed by atoms with van der Waals surface area (Å²) in [5.74, 6) is -4.69. The lowest BCUT2D eigenvalue weighted by atomic mass is 10.2. The van der Waals surface area contributed by atoms with Crippen LogP contribution in [0.1, 0.15) is 31.1 Å². The van der Waals surface area contributed by atoms with Gasteiger partial charge in [-0.05, 0) is 0 Å². The van der Waals surface area contributed by atoms with Gasteiger partial charge in [0.2, 0.25) is 5.75 Å². The van der Waals surface area contributed by atoms with Crippen molar-refractivity contribution in [1.82, 2.24) is 4.98 Å². The van der Waals surface area contributed by atoms with Gasteiger partial charge in [0.15, 0.2) is 5.75 Å². The molecule has 0 aliphatic heterocycles. The molecule has 0 saturated heterocycles. The van der Waals surface area contributed by atoms with E-state index in [1.54, 1.807) is 0 Å². The van der Waals surface area contributed by atoms with Crippen molar-refractivity contribution in [2.24, 2.45) is 5.73 Å². The number of ether oxygens (including phenoxy) is 3. The van der Waals surface area contributed by atoms with Crippen LogP contribution in [-0.4, -0.2) is 28.8 Å². The third kappa shape index (κ3) is 4.27. The zero-order valence-electron chi connectivity index (χ0n) is 11.5. The molecule has 0 spiro atoms. The van der Waals surface area contributed by atoms with Crippen LogP contribution in [0.25, 0.3) is 0 Å². The topological polar surface area (TPSA) is 135 Å². The van der Waals surface area contributed by atoms with Crippen molar-refractivity contribution >= 4 is 23.8 Å². The molecule has 0 aromatic carbocycles. The molecule has 0 aliphatic rings. The molecule has 1 aromatic rings. The third-order valence-electron chi connectivity index (χ3n) is 1.95. The molecule has 0 bridgehead atoms. The fourth-order valence-electron chi connectivity index (χ4n) is 1.32. The number of rotatable bonds is 4. The lowest BCUT2D eigenvalue weighted by molar-refractivity contribution is -0.135. The largest absolute Gasteiger partial charge is 0.422 e. The van der Waals surface area contributed by atoms with Crippen molar-refractivity contribution in [3.05, 3.63) is 11.8 Å². The number of nitrogens with zero attached hydrogens (tertiary/aromatic N) is 1. The molecule has 1 rings (SSSR count). The van der Waals surface area contributed by atoms with Crippen molar-refractivity contribution in [2.45, 2.75) is 20.8 Å². The average Bonchev–Trinajstić information content (AvgIpc) is 2.31. The smallest absolute Gasteiger partial charge is 0.309 e. The van der Waals surface area contributed by atoms with Crippen LogP contribution in [0.5, 0.6) is 17.4 Å². The molecule has 112 valence electrons. The van der Waals surface area contributed by atoms with Crippen molar-refractivity contribution in [3.63, 3.8) is 0 Å². The van der Waals surface area contributed by atoms with Gasteiger partial charge < -0.3 is 19.9 Å². The summed E-state index contributed by atoms with van der Waals surface area (Å²) in [4.78, 5) is 48.2. The number of primary amides is 1. The molecular formula is C12H12N2O7. The Labute approximate surface area is 119 Å². The van der Waals surface area contributed by atoms with Gasteiger partial charge >= 0.3 is 17.9 Å². The van der Waals surface area contributed by atoms with Gasteiger partial charge in [0.25, 0.3) is 11.8 Å². The number of pyridine rings is 1. The van der Waals surface area contributed by atoms with E-state index in [0.29, 0.717) is 0 Å². The van der Waals surface area contributed by atoms with Crippen LogP contribution in [0, 0.1) is 0 Å². The number of esters is 3. The van der Waals surface area contributed by atoms with E-state index in [9.17, 15) is 19.2 Å². The van der Waals surface area contributed by atoms with Crippen molar-refractivity contribution in [3.8, 4) is 17.4 Å². The fraction of sp³-hybridized carbons (Fsp3) is 0.250. The van der Waals surface area contributed by atoms with Gasteiger partial charge in [0.05, 0.1) is 0 Å². The molecule has 1 amide bonds. The predicted octanol–water partition coefficient (Wildman–Crippen LogP) is -0.0436. The van der Waals surface area contributed by atoms with E-state index in [0.717, 1.165) is 27.0 Å². The highest BCUT2D eigenvalue weighted by atomic mass is 16.6. The van der Waals surface area contributed by atoms with Crippen LogP contribution < -0.4 is 19.9 Å². The minimum absolute atomic E-state index is 0.308. The number of aromatic nitrogens is 1. The monoisotopic (exact) mass is 296 g/mol. The van der Waals surface area contributed by atoms with Crippen LogP contribution in [-0.2, 0) is 14.4 Å². The van der Waals surface area contributed by atoms with Gasteiger partial charge in [-0.3, -0.25) is 19.2 Å². The summed E-state index contributed by atoms with van der Waals surface area (Å²) >= 11 is 0. The van der Waals surface area contributed by atoms with Crippen LogP contribution >= 0.6 is 0 Å². The first-order valence-corrected chi connectivity index (χ1v) is 5.60. The van der Waals surface area contributed by atoms with Crippen LogP contribution in [0.4, 0.5) is 0 Å². The molecule has 0 aliphatic carbocycles. The van der Waals surface area contributed by atoms with Crippen molar-refractivity contribution < 1.29 is 33.4 Å².